The van der Waals surface area contributed by atoms with E-state index < -0.39 is 0 Å². The van der Waals surface area contributed by atoms with Crippen LogP contribution in [0.5, 0.6) is 5.75 Å². The van der Waals surface area contributed by atoms with Gasteiger partial charge in [-0.15, -0.1) is 0 Å². The molecule has 1 nitrogen and oxygen atoms in total. The van der Waals surface area contributed by atoms with E-state index in [2.05, 4.69) is 32.1 Å². The zero-order valence-corrected chi connectivity index (χ0v) is 10.4. The zero-order chi connectivity index (χ0) is 11.6. The van der Waals surface area contributed by atoms with E-state index in [1.54, 1.807) is 6.26 Å². The standard InChI is InChI=1S/C15H22O/c1-3-5-6-7-8-13-16-15-11-9-14(4-2)10-12-15/h8-13H,3-7H2,1-2H3/b13-8+. The minimum absolute atomic E-state index is 0.920. The van der Waals surface area contributed by atoms with Crippen molar-refractivity contribution >= 4 is 0 Å². The van der Waals surface area contributed by atoms with Gasteiger partial charge in [-0.1, -0.05) is 38.8 Å². The van der Waals surface area contributed by atoms with Crippen LogP contribution in [0.4, 0.5) is 0 Å². The van der Waals surface area contributed by atoms with Crippen LogP contribution in [-0.2, 0) is 6.42 Å². The third kappa shape index (κ3) is 5.01. The highest BCUT2D eigenvalue weighted by Crippen LogP contribution is 2.12. The van der Waals surface area contributed by atoms with E-state index in [4.69, 9.17) is 4.74 Å². The minimum atomic E-state index is 0.920. The number of hydrogen-bond acceptors (Lipinski definition) is 1. The summed E-state index contributed by atoms with van der Waals surface area (Å²) < 4.78 is 5.51. The van der Waals surface area contributed by atoms with Gasteiger partial charge in [0, 0.05) is 0 Å². The SMILES string of the molecule is CCCCC/C=C/Oc1ccc(CC)cc1. The lowest BCUT2D eigenvalue weighted by atomic mass is 10.2. The van der Waals surface area contributed by atoms with Crippen molar-refractivity contribution in [3.63, 3.8) is 0 Å². The number of hydrogen-bond donors (Lipinski definition) is 0. The molecule has 1 aromatic carbocycles. The van der Waals surface area contributed by atoms with Crippen molar-refractivity contribution < 1.29 is 4.74 Å². The van der Waals surface area contributed by atoms with Crippen molar-refractivity contribution in [3.05, 3.63) is 42.2 Å². The van der Waals surface area contributed by atoms with Crippen LogP contribution in [-0.4, -0.2) is 0 Å². The highest BCUT2D eigenvalue weighted by Gasteiger charge is 1.91. The minimum Gasteiger partial charge on any atom is -0.465 e. The number of benzene rings is 1. The maximum atomic E-state index is 5.51. The van der Waals surface area contributed by atoms with E-state index in [0.29, 0.717) is 0 Å². The third-order valence-corrected chi connectivity index (χ3v) is 2.61. The molecule has 0 amide bonds. The van der Waals surface area contributed by atoms with Gasteiger partial charge in [-0.2, -0.15) is 0 Å². The topological polar surface area (TPSA) is 9.23 Å². The Morgan fingerprint density at radius 2 is 1.81 bits per heavy atom. The van der Waals surface area contributed by atoms with Crippen molar-refractivity contribution in [2.45, 2.75) is 46.0 Å². The first kappa shape index (κ1) is 12.8. The molecular weight excluding hydrogens is 196 g/mol. The highest BCUT2D eigenvalue weighted by molar-refractivity contribution is 5.27. The maximum absolute atomic E-state index is 5.51. The van der Waals surface area contributed by atoms with E-state index in [0.717, 1.165) is 18.6 Å². The van der Waals surface area contributed by atoms with Gasteiger partial charge in [0.05, 0.1) is 6.26 Å². The van der Waals surface area contributed by atoms with Gasteiger partial charge in [0.1, 0.15) is 5.75 Å². The van der Waals surface area contributed by atoms with Crippen molar-refractivity contribution in [2.75, 3.05) is 0 Å². The van der Waals surface area contributed by atoms with E-state index in [9.17, 15) is 0 Å². The Kier molecular flexibility index (Phi) is 6.39. The fourth-order valence-electron chi connectivity index (χ4n) is 1.51. The average molecular weight is 218 g/mol. The first-order valence-corrected chi connectivity index (χ1v) is 6.27. The molecule has 1 aromatic rings. The van der Waals surface area contributed by atoms with Crippen LogP contribution < -0.4 is 4.74 Å². The van der Waals surface area contributed by atoms with Crippen LogP contribution in [0.15, 0.2) is 36.6 Å². The summed E-state index contributed by atoms with van der Waals surface area (Å²) in [7, 11) is 0. The first-order valence-electron chi connectivity index (χ1n) is 6.27. The molecule has 0 saturated carbocycles. The normalized spacial score (nSPS) is 10.9. The van der Waals surface area contributed by atoms with Gasteiger partial charge in [0.2, 0.25) is 0 Å². The smallest absolute Gasteiger partial charge is 0.126 e. The fourth-order valence-corrected chi connectivity index (χ4v) is 1.51. The molecule has 0 aliphatic carbocycles. The van der Waals surface area contributed by atoms with E-state index >= 15 is 0 Å². The van der Waals surface area contributed by atoms with Crippen molar-refractivity contribution in [3.8, 4) is 5.75 Å². The van der Waals surface area contributed by atoms with Crippen LogP contribution in [0.3, 0.4) is 0 Å². The summed E-state index contributed by atoms with van der Waals surface area (Å²) in [5.74, 6) is 0.920. The lowest BCUT2D eigenvalue weighted by Crippen LogP contribution is -1.84. The van der Waals surface area contributed by atoms with Crippen LogP contribution in [0, 0.1) is 0 Å². The summed E-state index contributed by atoms with van der Waals surface area (Å²) in [6.45, 7) is 4.37. The first-order chi connectivity index (χ1) is 7.86. The number of rotatable bonds is 7. The molecule has 0 saturated heterocycles. The Labute approximate surface area is 99.1 Å². The molecule has 0 N–H and O–H groups in total. The predicted octanol–water partition coefficient (Wildman–Crippen LogP) is 4.72. The Balaban J connectivity index is 2.25. The molecule has 0 aliphatic rings. The van der Waals surface area contributed by atoms with Gasteiger partial charge in [-0.05, 0) is 43.0 Å². The molecule has 0 spiro atoms. The van der Waals surface area contributed by atoms with Crippen LogP contribution in [0.25, 0.3) is 0 Å². The molecule has 0 atom stereocenters. The third-order valence-electron chi connectivity index (χ3n) is 2.61. The summed E-state index contributed by atoms with van der Waals surface area (Å²) in [5.41, 5.74) is 1.35. The fraction of sp³-hybridized carbons (Fsp3) is 0.467. The lowest BCUT2D eigenvalue weighted by Gasteiger charge is -2.01. The largest absolute Gasteiger partial charge is 0.465 e. The summed E-state index contributed by atoms with van der Waals surface area (Å²) >= 11 is 0. The van der Waals surface area contributed by atoms with Gasteiger partial charge >= 0.3 is 0 Å². The Morgan fingerprint density at radius 1 is 1.06 bits per heavy atom. The second kappa shape index (κ2) is 7.98. The number of ether oxygens (including phenoxy) is 1. The number of unbranched alkanes of at least 4 members (excludes halogenated alkanes) is 3. The molecule has 88 valence electrons. The summed E-state index contributed by atoms with van der Waals surface area (Å²) in [6.07, 6.45) is 9.92. The summed E-state index contributed by atoms with van der Waals surface area (Å²) in [5, 5.41) is 0. The molecule has 0 bridgehead atoms. The van der Waals surface area contributed by atoms with Crippen molar-refractivity contribution in [1.82, 2.24) is 0 Å². The molecular formula is C15H22O. The highest BCUT2D eigenvalue weighted by atomic mass is 16.5. The van der Waals surface area contributed by atoms with Crippen molar-refractivity contribution in [2.24, 2.45) is 0 Å². The molecule has 0 radical (unpaired) electrons. The number of aryl methyl sites for hydroxylation is 1. The Hall–Kier alpha value is -1.24. The zero-order valence-electron chi connectivity index (χ0n) is 10.4. The van der Waals surface area contributed by atoms with E-state index in [-0.39, 0.29) is 0 Å². The molecule has 1 heteroatoms. The molecule has 0 aromatic heterocycles. The molecule has 1 rings (SSSR count). The molecule has 0 heterocycles. The Bertz CT molecular complexity index is 298. The average Bonchev–Trinajstić information content (AvgIpc) is 2.34. The van der Waals surface area contributed by atoms with Crippen LogP contribution >= 0.6 is 0 Å². The summed E-state index contributed by atoms with van der Waals surface area (Å²) in [4.78, 5) is 0. The number of allylic oxidation sites excluding steroid dienone is 1. The summed E-state index contributed by atoms with van der Waals surface area (Å²) in [6, 6.07) is 8.27. The van der Waals surface area contributed by atoms with Crippen LogP contribution in [0.1, 0.15) is 45.1 Å². The maximum Gasteiger partial charge on any atom is 0.126 e. The monoisotopic (exact) mass is 218 g/mol. The predicted molar refractivity (Wildman–Crippen MR) is 69.7 cm³/mol. The van der Waals surface area contributed by atoms with Gasteiger partial charge in [-0.3, -0.25) is 0 Å². The van der Waals surface area contributed by atoms with E-state index in [1.165, 1.54) is 24.8 Å². The molecule has 16 heavy (non-hydrogen) atoms. The van der Waals surface area contributed by atoms with Crippen LogP contribution in [0.2, 0.25) is 0 Å². The molecule has 0 unspecified atom stereocenters. The van der Waals surface area contributed by atoms with Gasteiger partial charge < -0.3 is 4.74 Å². The van der Waals surface area contributed by atoms with Gasteiger partial charge in [0.25, 0.3) is 0 Å². The van der Waals surface area contributed by atoms with Gasteiger partial charge in [0.15, 0.2) is 0 Å². The lowest BCUT2D eigenvalue weighted by molar-refractivity contribution is 0.477. The van der Waals surface area contributed by atoms with E-state index in [1.807, 2.05) is 12.1 Å². The quantitative estimate of drug-likeness (QED) is 0.475. The van der Waals surface area contributed by atoms with Crippen molar-refractivity contribution in [1.29, 1.82) is 0 Å². The second-order valence-electron chi connectivity index (χ2n) is 3.98. The Morgan fingerprint density at radius 3 is 2.44 bits per heavy atom. The molecule has 0 aliphatic heterocycles. The van der Waals surface area contributed by atoms with Gasteiger partial charge in [-0.25, -0.2) is 0 Å². The second-order valence-corrected chi connectivity index (χ2v) is 3.98. The molecule has 0 fully saturated rings.